The summed E-state index contributed by atoms with van der Waals surface area (Å²) in [7, 11) is 0. The van der Waals surface area contributed by atoms with Gasteiger partial charge in [0.25, 0.3) is 11.8 Å². The lowest BCUT2D eigenvalue weighted by atomic mass is 9.83. The lowest BCUT2D eigenvalue weighted by molar-refractivity contribution is -0.116. The Bertz CT molecular complexity index is 2450. The van der Waals surface area contributed by atoms with Crippen molar-refractivity contribution in [3.8, 4) is 0 Å². The van der Waals surface area contributed by atoms with Gasteiger partial charge in [0.1, 0.15) is 15.9 Å². The average molecular weight is 806 g/mol. The third-order valence-corrected chi connectivity index (χ3v) is 12.4. The first-order valence-corrected chi connectivity index (χ1v) is 20.9. The van der Waals surface area contributed by atoms with Gasteiger partial charge in [0.05, 0.1) is 12.2 Å². The molecule has 10 heteroatoms. The fraction of sp³-hybridized carbons (Fsp3) is 0.167. The number of amides is 3. The molecule has 0 aliphatic heterocycles. The minimum Gasteiger partial charge on any atom is -0.462 e. The smallest absolute Gasteiger partial charge is 0.341 e. The van der Waals surface area contributed by atoms with Gasteiger partial charge in [0.15, 0.2) is 0 Å². The van der Waals surface area contributed by atoms with Gasteiger partial charge in [-0.25, -0.2) is 4.79 Å². The molecular formula is C48H43N3O5S2. The van der Waals surface area contributed by atoms with E-state index in [2.05, 4.69) is 28.1 Å². The molecule has 0 fully saturated rings. The Balaban J connectivity index is 1.14. The van der Waals surface area contributed by atoms with Crippen LogP contribution in [-0.2, 0) is 27.2 Å². The first-order chi connectivity index (χ1) is 28.3. The van der Waals surface area contributed by atoms with Crippen LogP contribution in [0.3, 0.4) is 0 Å². The number of nitrogens with one attached hydrogen (secondary N) is 3. The molecule has 1 aliphatic rings. The summed E-state index contributed by atoms with van der Waals surface area (Å²) in [6.07, 6.45) is 4.04. The van der Waals surface area contributed by atoms with Crippen molar-refractivity contribution in [3.63, 3.8) is 0 Å². The number of thiophene rings is 1. The van der Waals surface area contributed by atoms with Crippen molar-refractivity contribution >= 4 is 63.6 Å². The summed E-state index contributed by atoms with van der Waals surface area (Å²) in [5.74, 6) is -1.32. The molecule has 8 nitrogen and oxygen atoms in total. The second-order valence-electron chi connectivity index (χ2n) is 13.9. The summed E-state index contributed by atoms with van der Waals surface area (Å²) in [6, 6.07) is 43.4. The summed E-state index contributed by atoms with van der Waals surface area (Å²) in [6.45, 7) is 3.94. The highest BCUT2D eigenvalue weighted by atomic mass is 32.2. The van der Waals surface area contributed by atoms with Gasteiger partial charge in [-0.2, -0.15) is 0 Å². The Morgan fingerprint density at radius 3 is 2.24 bits per heavy atom. The minimum absolute atomic E-state index is 0.0777. The molecule has 58 heavy (non-hydrogen) atoms. The van der Waals surface area contributed by atoms with Crippen LogP contribution in [0.15, 0.2) is 150 Å². The number of aryl methyl sites for hydroxylation is 1. The highest BCUT2D eigenvalue weighted by Crippen LogP contribution is 2.44. The van der Waals surface area contributed by atoms with E-state index in [0.29, 0.717) is 34.2 Å². The van der Waals surface area contributed by atoms with Gasteiger partial charge in [-0.3, -0.25) is 14.4 Å². The molecule has 1 heterocycles. The molecule has 6 aromatic rings. The van der Waals surface area contributed by atoms with Crippen LogP contribution < -0.4 is 16.0 Å². The van der Waals surface area contributed by atoms with Crippen LogP contribution in [0.2, 0.25) is 0 Å². The van der Waals surface area contributed by atoms with Gasteiger partial charge in [0.2, 0.25) is 5.91 Å². The number of benzene rings is 5. The van der Waals surface area contributed by atoms with Crippen molar-refractivity contribution in [2.45, 2.75) is 49.2 Å². The van der Waals surface area contributed by atoms with E-state index in [9.17, 15) is 19.2 Å². The molecule has 0 saturated heterocycles. The van der Waals surface area contributed by atoms with Gasteiger partial charge in [-0.1, -0.05) is 109 Å². The Hall–Kier alpha value is -6.23. The third-order valence-electron chi connectivity index (χ3n) is 9.96. The summed E-state index contributed by atoms with van der Waals surface area (Å²) >= 11 is 2.78. The number of carbonyl (C=O) groups is 4. The average Bonchev–Trinajstić information content (AvgIpc) is 3.61. The third kappa shape index (κ3) is 9.65. The molecule has 0 spiro atoms. The first kappa shape index (κ1) is 40.0. The van der Waals surface area contributed by atoms with Crippen LogP contribution in [-0.4, -0.2) is 30.3 Å². The molecule has 3 N–H and O–H groups in total. The monoisotopic (exact) mass is 805 g/mol. The molecule has 7 rings (SSSR count). The quantitative estimate of drug-likeness (QED) is 0.0609. The van der Waals surface area contributed by atoms with Gasteiger partial charge in [-0.15, -0.1) is 23.1 Å². The van der Waals surface area contributed by atoms with E-state index in [4.69, 9.17) is 4.74 Å². The standard InChI is InChI=1S/C48H43N3O5S2/c1-3-56-48(55)42-39-27-26-36(32-17-7-4-8-18-32)29-41(39)58-47(42)51-46(54)43(33-19-9-5-10-20-33)57-38-25-15-24-37(30-38)49-45(53)40(28-35-23-14-13-16-31(35)2)50-44(52)34-21-11-6-12-22-34/h4-25,28,30,36,43H,3,26-27,29H2,1-2H3,(H,49,53)(H,50,52)(H,51,54)/b40-28-. The molecule has 2 unspecified atom stereocenters. The van der Waals surface area contributed by atoms with Crippen LogP contribution in [0.5, 0.6) is 0 Å². The van der Waals surface area contributed by atoms with Crippen molar-refractivity contribution in [2.24, 2.45) is 0 Å². The number of ether oxygens (including phenoxy) is 1. The molecule has 1 aliphatic carbocycles. The Labute approximate surface area is 346 Å². The minimum atomic E-state index is -0.708. The maximum absolute atomic E-state index is 14.4. The fourth-order valence-corrected chi connectivity index (χ4v) is 9.41. The van der Waals surface area contributed by atoms with E-state index in [-0.39, 0.29) is 18.2 Å². The number of hydrogen-bond donors (Lipinski definition) is 3. The van der Waals surface area contributed by atoms with E-state index >= 15 is 0 Å². The summed E-state index contributed by atoms with van der Waals surface area (Å²) in [4.78, 5) is 56.8. The van der Waals surface area contributed by atoms with E-state index in [1.165, 1.54) is 28.7 Å². The molecular weight excluding hydrogens is 763 g/mol. The van der Waals surface area contributed by atoms with E-state index in [1.54, 1.807) is 55.5 Å². The van der Waals surface area contributed by atoms with E-state index in [0.717, 1.165) is 44.9 Å². The SMILES string of the molecule is CCOC(=O)c1c(NC(=O)C(Sc2cccc(NC(=O)/C(=C/c3ccccc3C)NC(=O)c3ccccc3)c2)c2ccccc2)sc2c1CCC(c1ccccc1)C2. The zero-order valence-electron chi connectivity index (χ0n) is 32.2. The molecule has 5 aromatic carbocycles. The second kappa shape index (κ2) is 18.8. The van der Waals surface area contributed by atoms with Crippen LogP contribution >= 0.6 is 23.1 Å². The van der Waals surface area contributed by atoms with E-state index in [1.807, 2.05) is 91.9 Å². The second-order valence-corrected chi connectivity index (χ2v) is 16.2. The Kier molecular flexibility index (Phi) is 13.0. The van der Waals surface area contributed by atoms with Gasteiger partial charge < -0.3 is 20.7 Å². The topological polar surface area (TPSA) is 114 Å². The van der Waals surface area contributed by atoms with Crippen molar-refractivity contribution < 1.29 is 23.9 Å². The zero-order chi connectivity index (χ0) is 40.4. The largest absolute Gasteiger partial charge is 0.462 e. The number of rotatable bonds is 13. The molecule has 0 saturated carbocycles. The molecule has 1 aromatic heterocycles. The number of fused-ring (bicyclic) bond motifs is 1. The van der Waals surface area contributed by atoms with Crippen LogP contribution in [0.25, 0.3) is 6.08 Å². The number of thioether (sulfide) groups is 1. The summed E-state index contributed by atoms with van der Waals surface area (Å²) < 4.78 is 5.52. The van der Waals surface area contributed by atoms with Gasteiger partial charge in [-0.05, 0) is 103 Å². The predicted octanol–water partition coefficient (Wildman–Crippen LogP) is 10.4. The van der Waals surface area contributed by atoms with Crippen molar-refractivity contribution in [1.82, 2.24) is 5.32 Å². The van der Waals surface area contributed by atoms with Crippen molar-refractivity contribution in [3.05, 3.63) is 189 Å². The number of hydrogen-bond acceptors (Lipinski definition) is 7. The zero-order valence-corrected chi connectivity index (χ0v) is 33.8. The van der Waals surface area contributed by atoms with Gasteiger partial charge in [0, 0.05) is 21.0 Å². The molecule has 0 bridgehead atoms. The fourth-order valence-electron chi connectivity index (χ4n) is 7.01. The van der Waals surface area contributed by atoms with Crippen LogP contribution in [0.1, 0.15) is 77.9 Å². The summed E-state index contributed by atoms with van der Waals surface area (Å²) in [5.41, 5.74) is 6.14. The number of anilines is 2. The lowest BCUT2D eigenvalue weighted by Crippen LogP contribution is -2.30. The normalized spacial score (nSPS) is 14.1. The molecule has 3 amide bonds. The Morgan fingerprint density at radius 1 is 0.828 bits per heavy atom. The number of esters is 1. The predicted molar refractivity (Wildman–Crippen MR) is 233 cm³/mol. The molecule has 0 radical (unpaired) electrons. The van der Waals surface area contributed by atoms with Crippen LogP contribution in [0, 0.1) is 6.92 Å². The maximum Gasteiger partial charge on any atom is 0.341 e. The lowest BCUT2D eigenvalue weighted by Gasteiger charge is -2.23. The first-order valence-electron chi connectivity index (χ1n) is 19.2. The van der Waals surface area contributed by atoms with Crippen molar-refractivity contribution in [1.29, 1.82) is 0 Å². The van der Waals surface area contributed by atoms with Crippen molar-refractivity contribution in [2.75, 3.05) is 17.2 Å². The summed E-state index contributed by atoms with van der Waals surface area (Å²) in [5, 5.41) is 8.68. The molecule has 292 valence electrons. The Morgan fingerprint density at radius 2 is 1.52 bits per heavy atom. The highest BCUT2D eigenvalue weighted by molar-refractivity contribution is 8.00. The van der Waals surface area contributed by atoms with Crippen LogP contribution in [0.4, 0.5) is 10.7 Å². The van der Waals surface area contributed by atoms with E-state index < -0.39 is 23.0 Å². The maximum atomic E-state index is 14.4. The highest BCUT2D eigenvalue weighted by Gasteiger charge is 2.32. The number of carbonyl (C=O) groups excluding carboxylic acids is 4. The molecule has 2 atom stereocenters. The van der Waals surface area contributed by atoms with Gasteiger partial charge >= 0.3 is 5.97 Å².